The number of hydrogen-bond acceptors (Lipinski definition) is 4. The molecule has 0 aromatic heterocycles. The Bertz CT molecular complexity index is 372. The van der Waals surface area contributed by atoms with E-state index >= 15 is 0 Å². The largest absolute Gasteiger partial charge is 0.469 e. The van der Waals surface area contributed by atoms with Crippen LogP contribution >= 0.6 is 0 Å². The van der Waals surface area contributed by atoms with Crippen molar-refractivity contribution in [3.63, 3.8) is 0 Å². The molecule has 1 amide bonds. The first-order chi connectivity index (χ1) is 9.61. The highest BCUT2D eigenvalue weighted by molar-refractivity contribution is 5.81. The van der Waals surface area contributed by atoms with Crippen molar-refractivity contribution in [2.45, 2.75) is 57.5 Å². The van der Waals surface area contributed by atoms with E-state index in [1.165, 1.54) is 20.0 Å². The van der Waals surface area contributed by atoms with Crippen molar-refractivity contribution in [1.29, 1.82) is 0 Å². The maximum atomic E-state index is 11.6. The number of carbonyl (C=O) groups excluding carboxylic acids is 2. The minimum absolute atomic E-state index is 0.0733. The van der Waals surface area contributed by atoms with Gasteiger partial charge in [-0.1, -0.05) is 26.2 Å². The van der Waals surface area contributed by atoms with Crippen molar-refractivity contribution in [2.75, 3.05) is 13.7 Å². The monoisotopic (exact) mass is 282 g/mol. The number of esters is 1. The maximum absolute atomic E-state index is 11.6. The van der Waals surface area contributed by atoms with E-state index in [4.69, 9.17) is 4.74 Å². The fourth-order valence-corrected chi connectivity index (χ4v) is 3.79. The molecule has 2 N–H and O–H groups in total. The summed E-state index contributed by atoms with van der Waals surface area (Å²) in [5.41, 5.74) is -0.274. The molecule has 5 nitrogen and oxygen atoms in total. The summed E-state index contributed by atoms with van der Waals surface area (Å²) in [5, 5.41) is 6.49. The molecule has 1 saturated carbocycles. The van der Waals surface area contributed by atoms with Crippen molar-refractivity contribution in [2.24, 2.45) is 11.8 Å². The van der Waals surface area contributed by atoms with Crippen LogP contribution in [0, 0.1) is 11.8 Å². The molecule has 1 saturated heterocycles. The Hall–Kier alpha value is -1.10. The zero-order valence-corrected chi connectivity index (χ0v) is 12.5. The van der Waals surface area contributed by atoms with E-state index in [1.807, 2.05) is 0 Å². The maximum Gasteiger partial charge on any atom is 0.305 e. The van der Waals surface area contributed by atoms with Crippen LogP contribution in [-0.2, 0) is 14.3 Å². The Kier molecular flexibility index (Phi) is 5.02. The lowest BCUT2D eigenvalue weighted by atomic mass is 9.83. The molecule has 0 aromatic rings. The lowest BCUT2D eigenvalue weighted by molar-refractivity contribution is -0.142. The first-order valence-electron chi connectivity index (χ1n) is 7.74. The highest BCUT2D eigenvalue weighted by atomic mass is 16.5. The van der Waals surface area contributed by atoms with Crippen LogP contribution in [0.4, 0.5) is 0 Å². The topological polar surface area (TPSA) is 67.4 Å². The zero-order chi connectivity index (χ0) is 14.6. The number of amides is 1. The third-order valence-electron chi connectivity index (χ3n) is 4.81. The summed E-state index contributed by atoms with van der Waals surface area (Å²) in [5.74, 6) is 0.575. The van der Waals surface area contributed by atoms with Crippen LogP contribution in [0.3, 0.4) is 0 Å². The highest BCUT2D eigenvalue weighted by Crippen LogP contribution is 2.44. The SMILES string of the molecule is CCCCCC1C(CC(=O)OC)CCC12NCC(=O)N2. The van der Waals surface area contributed by atoms with E-state index in [9.17, 15) is 9.59 Å². The first-order valence-corrected chi connectivity index (χ1v) is 7.74. The third kappa shape index (κ3) is 3.14. The number of ether oxygens (including phenoxy) is 1. The molecule has 114 valence electrons. The van der Waals surface area contributed by atoms with Crippen LogP contribution in [0.15, 0.2) is 0 Å². The average molecular weight is 282 g/mol. The fraction of sp³-hybridized carbons (Fsp3) is 0.867. The van der Waals surface area contributed by atoms with Gasteiger partial charge in [0.05, 0.1) is 19.3 Å². The van der Waals surface area contributed by atoms with Gasteiger partial charge >= 0.3 is 5.97 Å². The summed E-state index contributed by atoms with van der Waals surface area (Å²) in [7, 11) is 1.44. The number of nitrogens with one attached hydrogen (secondary N) is 2. The number of hydrogen-bond donors (Lipinski definition) is 2. The van der Waals surface area contributed by atoms with E-state index in [2.05, 4.69) is 17.6 Å². The quantitative estimate of drug-likeness (QED) is 0.573. The normalized spacial score (nSPS) is 32.6. The first kappa shape index (κ1) is 15.3. The Balaban J connectivity index is 2.05. The minimum atomic E-state index is -0.274. The Labute approximate surface area is 120 Å². The van der Waals surface area contributed by atoms with Gasteiger partial charge in [-0.25, -0.2) is 0 Å². The second kappa shape index (κ2) is 6.57. The molecule has 3 atom stereocenters. The van der Waals surface area contributed by atoms with Crippen molar-refractivity contribution in [1.82, 2.24) is 10.6 Å². The number of rotatable bonds is 6. The third-order valence-corrected chi connectivity index (χ3v) is 4.81. The average Bonchev–Trinajstić information content (AvgIpc) is 2.96. The van der Waals surface area contributed by atoms with Gasteiger partial charge in [0.15, 0.2) is 0 Å². The van der Waals surface area contributed by atoms with Gasteiger partial charge in [0.25, 0.3) is 0 Å². The van der Waals surface area contributed by atoms with Gasteiger partial charge in [0.1, 0.15) is 0 Å². The molecule has 5 heteroatoms. The number of methoxy groups -OCH3 is 1. The van der Waals surface area contributed by atoms with Crippen molar-refractivity contribution >= 4 is 11.9 Å². The molecule has 1 spiro atoms. The summed E-state index contributed by atoms with van der Waals surface area (Å²) in [6, 6.07) is 0. The molecule has 0 bridgehead atoms. The minimum Gasteiger partial charge on any atom is -0.469 e. The number of carbonyl (C=O) groups is 2. The summed E-state index contributed by atoms with van der Waals surface area (Å²) < 4.78 is 4.81. The van der Waals surface area contributed by atoms with Gasteiger partial charge < -0.3 is 10.1 Å². The molecule has 0 radical (unpaired) electrons. The van der Waals surface area contributed by atoms with Crippen molar-refractivity contribution in [3.8, 4) is 0 Å². The fourth-order valence-electron chi connectivity index (χ4n) is 3.79. The second-order valence-electron chi connectivity index (χ2n) is 6.05. The van der Waals surface area contributed by atoms with Crippen molar-refractivity contribution < 1.29 is 14.3 Å². The van der Waals surface area contributed by atoms with Crippen molar-refractivity contribution in [3.05, 3.63) is 0 Å². The number of unbranched alkanes of at least 4 members (excludes halogenated alkanes) is 2. The Morgan fingerprint density at radius 3 is 2.85 bits per heavy atom. The Morgan fingerprint density at radius 1 is 1.45 bits per heavy atom. The van der Waals surface area contributed by atoms with Gasteiger partial charge in [-0.2, -0.15) is 0 Å². The molecule has 2 aliphatic rings. The van der Waals surface area contributed by atoms with E-state index in [1.54, 1.807) is 0 Å². The molecule has 20 heavy (non-hydrogen) atoms. The molecule has 0 aromatic carbocycles. The lowest BCUT2D eigenvalue weighted by Gasteiger charge is -2.34. The van der Waals surface area contributed by atoms with Gasteiger partial charge in [0, 0.05) is 6.42 Å². The van der Waals surface area contributed by atoms with Crippen LogP contribution in [-0.4, -0.2) is 31.2 Å². The van der Waals surface area contributed by atoms with E-state index in [-0.39, 0.29) is 17.5 Å². The van der Waals surface area contributed by atoms with Crippen LogP contribution < -0.4 is 10.6 Å². The van der Waals surface area contributed by atoms with Crippen LogP contribution in [0.1, 0.15) is 51.9 Å². The highest BCUT2D eigenvalue weighted by Gasteiger charge is 2.51. The summed E-state index contributed by atoms with van der Waals surface area (Å²) in [6.45, 7) is 2.58. The van der Waals surface area contributed by atoms with Crippen LogP contribution in [0.25, 0.3) is 0 Å². The van der Waals surface area contributed by atoms with Gasteiger partial charge in [-0.3, -0.25) is 14.9 Å². The van der Waals surface area contributed by atoms with Gasteiger partial charge in [-0.05, 0) is 31.1 Å². The molecule has 1 heterocycles. The second-order valence-corrected chi connectivity index (χ2v) is 6.05. The van der Waals surface area contributed by atoms with Gasteiger partial charge in [0.2, 0.25) is 5.91 Å². The molecule has 1 aliphatic carbocycles. The molecule has 2 fully saturated rings. The van der Waals surface area contributed by atoms with E-state index in [0.717, 1.165) is 25.7 Å². The van der Waals surface area contributed by atoms with E-state index < -0.39 is 0 Å². The smallest absolute Gasteiger partial charge is 0.305 e. The molecule has 1 aliphatic heterocycles. The summed E-state index contributed by atoms with van der Waals surface area (Å²) in [4.78, 5) is 23.2. The van der Waals surface area contributed by atoms with Gasteiger partial charge in [-0.15, -0.1) is 0 Å². The standard InChI is InChI=1S/C15H26N2O3/c1-3-4-5-6-12-11(9-14(19)20-2)7-8-15(12)16-10-13(18)17-15/h11-12,16H,3-10H2,1-2H3,(H,17,18). The zero-order valence-electron chi connectivity index (χ0n) is 12.5. The Morgan fingerprint density at radius 2 is 2.25 bits per heavy atom. The summed E-state index contributed by atoms with van der Waals surface area (Å²) >= 11 is 0. The molecule has 2 rings (SSSR count). The molecular weight excluding hydrogens is 256 g/mol. The molecule has 3 unspecified atom stereocenters. The lowest BCUT2D eigenvalue weighted by Crippen LogP contribution is -2.53. The molecular formula is C15H26N2O3. The van der Waals surface area contributed by atoms with Crippen LogP contribution in [0.5, 0.6) is 0 Å². The van der Waals surface area contributed by atoms with E-state index in [0.29, 0.717) is 24.8 Å². The predicted octanol–water partition coefficient (Wildman–Crippen LogP) is 1.57. The summed E-state index contributed by atoms with van der Waals surface area (Å²) in [6.07, 6.45) is 6.94. The predicted molar refractivity (Wildman–Crippen MR) is 75.9 cm³/mol. The van der Waals surface area contributed by atoms with Crippen LogP contribution in [0.2, 0.25) is 0 Å².